The maximum atomic E-state index is 9.91. The maximum Gasteiger partial charge on any atom is 0.129 e. The average molecular weight is 354 g/mol. The predicted octanol–water partition coefficient (Wildman–Crippen LogP) is 3.27. The summed E-state index contributed by atoms with van der Waals surface area (Å²) in [4.78, 5) is 0. The van der Waals surface area contributed by atoms with Crippen LogP contribution in [-0.4, -0.2) is 24.4 Å². The van der Waals surface area contributed by atoms with Crippen LogP contribution in [0.5, 0.6) is 0 Å². The van der Waals surface area contributed by atoms with E-state index in [-0.39, 0.29) is 12.6 Å². The first-order valence-corrected chi connectivity index (χ1v) is 7.72. The standard InChI is InChI=1S/C16H20BrNO3/c1-12(15-6-2-3-7-16(15)17)18-9-13(19)10-20-11-14-5-4-8-21-14/h2-8,12-13,18-19H,9-11H2,1H3/t12-,13?/m0/s1. The number of nitrogens with one attached hydrogen (secondary N) is 1. The highest BCUT2D eigenvalue weighted by atomic mass is 79.9. The van der Waals surface area contributed by atoms with Crippen molar-refractivity contribution >= 4 is 15.9 Å². The fourth-order valence-corrected chi connectivity index (χ4v) is 2.63. The smallest absolute Gasteiger partial charge is 0.129 e. The monoisotopic (exact) mass is 353 g/mol. The maximum absolute atomic E-state index is 9.91. The molecule has 1 heterocycles. The second-order valence-corrected chi connectivity index (χ2v) is 5.75. The molecule has 2 rings (SSSR count). The van der Waals surface area contributed by atoms with E-state index in [1.165, 1.54) is 5.56 Å². The molecule has 5 heteroatoms. The minimum absolute atomic E-state index is 0.153. The molecule has 1 unspecified atom stereocenters. The fourth-order valence-electron chi connectivity index (χ4n) is 2.00. The number of furan rings is 1. The first kappa shape index (κ1) is 16.2. The lowest BCUT2D eigenvalue weighted by molar-refractivity contribution is 0.0217. The Balaban J connectivity index is 1.68. The summed E-state index contributed by atoms with van der Waals surface area (Å²) in [5, 5.41) is 13.2. The van der Waals surface area contributed by atoms with Gasteiger partial charge >= 0.3 is 0 Å². The van der Waals surface area contributed by atoms with Gasteiger partial charge in [0.1, 0.15) is 12.4 Å². The third-order valence-corrected chi connectivity index (χ3v) is 3.89. The predicted molar refractivity (Wildman–Crippen MR) is 84.9 cm³/mol. The Hall–Kier alpha value is -1.14. The molecule has 2 atom stereocenters. The third kappa shape index (κ3) is 5.28. The van der Waals surface area contributed by atoms with E-state index in [0.717, 1.165) is 10.2 Å². The zero-order valence-electron chi connectivity index (χ0n) is 12.0. The van der Waals surface area contributed by atoms with Crippen LogP contribution in [-0.2, 0) is 11.3 Å². The van der Waals surface area contributed by atoms with Crippen LogP contribution in [0.2, 0.25) is 0 Å². The van der Waals surface area contributed by atoms with Crippen molar-refractivity contribution in [2.24, 2.45) is 0 Å². The number of aliphatic hydroxyl groups excluding tert-OH is 1. The minimum Gasteiger partial charge on any atom is -0.467 e. The average Bonchev–Trinajstić information content (AvgIpc) is 2.98. The summed E-state index contributed by atoms with van der Waals surface area (Å²) >= 11 is 3.53. The van der Waals surface area contributed by atoms with E-state index >= 15 is 0 Å². The van der Waals surface area contributed by atoms with E-state index in [1.807, 2.05) is 30.3 Å². The van der Waals surface area contributed by atoms with E-state index in [2.05, 4.69) is 34.2 Å². The Labute approximate surface area is 133 Å². The Morgan fingerprint density at radius 1 is 1.29 bits per heavy atom. The van der Waals surface area contributed by atoms with Gasteiger partial charge in [0.15, 0.2) is 0 Å². The molecule has 2 N–H and O–H groups in total. The van der Waals surface area contributed by atoms with Gasteiger partial charge in [-0.1, -0.05) is 34.1 Å². The highest BCUT2D eigenvalue weighted by Crippen LogP contribution is 2.22. The van der Waals surface area contributed by atoms with Crippen molar-refractivity contribution in [1.82, 2.24) is 5.32 Å². The Kier molecular flexibility index (Phi) is 6.45. The SMILES string of the molecule is C[C@H](NCC(O)COCc1ccco1)c1ccccc1Br. The molecule has 0 fully saturated rings. The Morgan fingerprint density at radius 3 is 2.81 bits per heavy atom. The van der Waals surface area contributed by atoms with Crippen LogP contribution >= 0.6 is 15.9 Å². The molecule has 0 aliphatic rings. The third-order valence-electron chi connectivity index (χ3n) is 3.17. The van der Waals surface area contributed by atoms with Gasteiger partial charge < -0.3 is 19.6 Å². The van der Waals surface area contributed by atoms with Crippen molar-refractivity contribution in [2.45, 2.75) is 25.7 Å². The number of aliphatic hydroxyl groups is 1. The van der Waals surface area contributed by atoms with Gasteiger partial charge in [0.2, 0.25) is 0 Å². The molecule has 114 valence electrons. The van der Waals surface area contributed by atoms with E-state index < -0.39 is 6.10 Å². The Morgan fingerprint density at radius 2 is 2.10 bits per heavy atom. The van der Waals surface area contributed by atoms with E-state index in [0.29, 0.717) is 13.2 Å². The van der Waals surface area contributed by atoms with Crippen molar-refractivity contribution in [3.8, 4) is 0 Å². The molecule has 0 aliphatic carbocycles. The summed E-state index contributed by atoms with van der Waals surface area (Å²) in [6.07, 6.45) is 1.06. The van der Waals surface area contributed by atoms with Gasteiger partial charge in [-0.25, -0.2) is 0 Å². The summed E-state index contributed by atoms with van der Waals surface area (Å²) in [6, 6.07) is 11.9. The van der Waals surface area contributed by atoms with Crippen LogP contribution < -0.4 is 5.32 Å². The minimum atomic E-state index is -0.551. The number of ether oxygens (including phenoxy) is 1. The van der Waals surface area contributed by atoms with Crippen molar-refractivity contribution in [1.29, 1.82) is 0 Å². The molecule has 0 radical (unpaired) electrons. The molecular weight excluding hydrogens is 334 g/mol. The Bertz CT molecular complexity index is 530. The van der Waals surface area contributed by atoms with Gasteiger partial charge in [0, 0.05) is 17.1 Å². The number of hydrogen-bond donors (Lipinski definition) is 2. The number of benzene rings is 1. The summed E-state index contributed by atoms with van der Waals surface area (Å²) in [6.45, 7) is 3.19. The summed E-state index contributed by atoms with van der Waals surface area (Å²) in [5.41, 5.74) is 1.17. The quantitative estimate of drug-likeness (QED) is 0.764. The zero-order valence-corrected chi connectivity index (χ0v) is 13.5. The fraction of sp³-hybridized carbons (Fsp3) is 0.375. The first-order valence-electron chi connectivity index (χ1n) is 6.93. The van der Waals surface area contributed by atoms with E-state index in [1.54, 1.807) is 6.26 Å². The number of halogens is 1. The van der Waals surface area contributed by atoms with Crippen LogP contribution in [0, 0.1) is 0 Å². The van der Waals surface area contributed by atoms with Crippen LogP contribution in [0.15, 0.2) is 51.6 Å². The first-order chi connectivity index (χ1) is 10.2. The molecule has 4 nitrogen and oxygen atoms in total. The normalized spacial score (nSPS) is 14.0. The van der Waals surface area contributed by atoms with Crippen molar-refractivity contribution < 1.29 is 14.3 Å². The molecule has 0 saturated carbocycles. The molecule has 1 aromatic heterocycles. The molecule has 21 heavy (non-hydrogen) atoms. The van der Waals surface area contributed by atoms with Crippen LogP contribution in [0.3, 0.4) is 0 Å². The van der Waals surface area contributed by atoms with Gasteiger partial charge in [-0.3, -0.25) is 0 Å². The number of hydrogen-bond acceptors (Lipinski definition) is 4. The number of rotatable bonds is 8. The van der Waals surface area contributed by atoms with Crippen molar-refractivity contribution in [3.63, 3.8) is 0 Å². The van der Waals surface area contributed by atoms with Crippen LogP contribution in [0.4, 0.5) is 0 Å². The molecule has 0 spiro atoms. The highest BCUT2D eigenvalue weighted by molar-refractivity contribution is 9.10. The summed E-state index contributed by atoms with van der Waals surface area (Å²) < 4.78 is 11.6. The molecule has 0 aliphatic heterocycles. The molecule has 2 aromatic rings. The van der Waals surface area contributed by atoms with E-state index in [4.69, 9.17) is 9.15 Å². The zero-order chi connectivity index (χ0) is 15.1. The molecule has 0 amide bonds. The van der Waals surface area contributed by atoms with Gasteiger partial charge in [0.05, 0.1) is 19.0 Å². The molecule has 1 aromatic carbocycles. The largest absolute Gasteiger partial charge is 0.467 e. The van der Waals surface area contributed by atoms with Crippen LogP contribution in [0.1, 0.15) is 24.3 Å². The topological polar surface area (TPSA) is 54.6 Å². The molecule has 0 saturated heterocycles. The summed E-state index contributed by atoms with van der Waals surface area (Å²) in [5.74, 6) is 0.761. The van der Waals surface area contributed by atoms with Crippen LogP contribution in [0.25, 0.3) is 0 Å². The molecule has 0 bridgehead atoms. The molecular formula is C16H20BrNO3. The van der Waals surface area contributed by atoms with Gasteiger partial charge in [-0.15, -0.1) is 0 Å². The lowest BCUT2D eigenvalue weighted by atomic mass is 10.1. The lowest BCUT2D eigenvalue weighted by Crippen LogP contribution is -2.32. The van der Waals surface area contributed by atoms with E-state index in [9.17, 15) is 5.11 Å². The highest BCUT2D eigenvalue weighted by Gasteiger charge is 2.11. The van der Waals surface area contributed by atoms with Gasteiger partial charge in [0.25, 0.3) is 0 Å². The van der Waals surface area contributed by atoms with Gasteiger partial charge in [-0.05, 0) is 30.7 Å². The second kappa shape index (κ2) is 8.34. The van der Waals surface area contributed by atoms with Gasteiger partial charge in [-0.2, -0.15) is 0 Å². The van der Waals surface area contributed by atoms with Crippen molar-refractivity contribution in [3.05, 3.63) is 58.5 Å². The lowest BCUT2D eigenvalue weighted by Gasteiger charge is -2.18. The summed E-state index contributed by atoms with van der Waals surface area (Å²) in [7, 11) is 0. The van der Waals surface area contributed by atoms with Crippen molar-refractivity contribution in [2.75, 3.05) is 13.2 Å². The second-order valence-electron chi connectivity index (χ2n) is 4.90.